The van der Waals surface area contributed by atoms with Gasteiger partial charge in [0, 0.05) is 43.5 Å². The molecule has 162 valence electrons. The highest BCUT2D eigenvalue weighted by atomic mass is 16.5. The summed E-state index contributed by atoms with van der Waals surface area (Å²) in [5.41, 5.74) is 1.04. The molecule has 0 spiro atoms. The lowest BCUT2D eigenvalue weighted by Crippen LogP contribution is -2.37. The molecule has 3 aromatic rings. The third kappa shape index (κ3) is 4.24. The van der Waals surface area contributed by atoms with Gasteiger partial charge in [-0.05, 0) is 37.3 Å². The zero-order valence-corrected chi connectivity index (χ0v) is 17.8. The van der Waals surface area contributed by atoms with Gasteiger partial charge >= 0.3 is 5.97 Å². The molecule has 0 saturated carbocycles. The first-order chi connectivity index (χ1) is 15.4. The molecule has 2 aromatic heterocycles. The van der Waals surface area contributed by atoms with Crippen molar-refractivity contribution in [3.8, 4) is 28.8 Å². The number of carbonyl (C=O) groups excluding carboxylic acids is 2. The smallest absolute Gasteiger partial charge is 0.357 e. The Morgan fingerprint density at radius 2 is 2.12 bits per heavy atom. The Hall–Kier alpha value is -3.96. The molecule has 1 aliphatic heterocycles. The van der Waals surface area contributed by atoms with Crippen LogP contribution in [0.5, 0.6) is 0 Å². The van der Waals surface area contributed by atoms with E-state index in [4.69, 9.17) is 4.74 Å². The lowest BCUT2D eigenvalue weighted by Gasteiger charge is -2.13. The highest BCUT2D eigenvalue weighted by molar-refractivity contribution is 5.90. The van der Waals surface area contributed by atoms with Crippen LogP contribution < -0.4 is 0 Å². The fourth-order valence-electron chi connectivity index (χ4n) is 3.43. The summed E-state index contributed by atoms with van der Waals surface area (Å²) in [6, 6.07) is 12.4. The molecule has 32 heavy (non-hydrogen) atoms. The molecule has 1 aromatic carbocycles. The minimum atomic E-state index is -1.67. The maximum Gasteiger partial charge on any atom is 0.357 e. The number of aliphatic hydroxyl groups is 1. The molecule has 4 rings (SSSR count). The number of ether oxygens (including phenoxy) is 1. The number of carbonyl (C=O) groups is 2. The summed E-state index contributed by atoms with van der Waals surface area (Å²) in [7, 11) is 1.64. The highest BCUT2D eigenvalue weighted by Crippen LogP contribution is 2.24. The number of hydrogen-bond donors (Lipinski definition) is 1. The fraction of sp³-hybridized carbons (Fsp3) is 0.250. The van der Waals surface area contributed by atoms with E-state index in [1.807, 2.05) is 12.1 Å². The summed E-state index contributed by atoms with van der Waals surface area (Å²) in [5.74, 6) is 4.70. The third-order valence-electron chi connectivity index (χ3n) is 5.15. The summed E-state index contributed by atoms with van der Waals surface area (Å²) >= 11 is 0. The van der Waals surface area contributed by atoms with Crippen LogP contribution in [-0.2, 0) is 9.53 Å². The number of esters is 1. The van der Waals surface area contributed by atoms with Crippen molar-refractivity contribution in [2.75, 3.05) is 20.2 Å². The van der Waals surface area contributed by atoms with Gasteiger partial charge in [0.2, 0.25) is 5.60 Å². The number of hydrogen-bond acceptors (Lipinski definition) is 6. The van der Waals surface area contributed by atoms with Crippen LogP contribution in [0.3, 0.4) is 0 Å². The van der Waals surface area contributed by atoms with E-state index >= 15 is 0 Å². The van der Waals surface area contributed by atoms with Gasteiger partial charge in [-0.1, -0.05) is 24.0 Å². The van der Waals surface area contributed by atoms with Gasteiger partial charge in [0.05, 0.1) is 18.0 Å². The zero-order chi connectivity index (χ0) is 22.7. The summed E-state index contributed by atoms with van der Waals surface area (Å²) < 4.78 is 6.76. The second-order valence-electron chi connectivity index (χ2n) is 7.43. The molecule has 1 fully saturated rings. The molecule has 1 saturated heterocycles. The Bertz CT molecular complexity index is 1230. The maximum atomic E-state index is 12.4. The lowest BCUT2D eigenvalue weighted by molar-refractivity contribution is -0.137. The van der Waals surface area contributed by atoms with E-state index in [1.165, 1.54) is 4.90 Å². The number of nitrogens with zero attached hydrogens (tertiary/aromatic N) is 4. The van der Waals surface area contributed by atoms with Crippen LogP contribution in [0.1, 0.15) is 29.4 Å². The monoisotopic (exact) mass is 430 g/mol. The zero-order valence-electron chi connectivity index (χ0n) is 17.8. The van der Waals surface area contributed by atoms with Crippen molar-refractivity contribution < 1.29 is 19.4 Å². The predicted octanol–water partition coefficient (Wildman–Crippen LogP) is 2.06. The molecule has 1 aliphatic rings. The van der Waals surface area contributed by atoms with E-state index in [2.05, 4.69) is 21.9 Å². The molecule has 8 nitrogen and oxygen atoms in total. The van der Waals surface area contributed by atoms with E-state index in [1.54, 1.807) is 61.4 Å². The number of likely N-dealkylation sites (N-methyl/N-ethyl adjacent to an activating group) is 1. The van der Waals surface area contributed by atoms with Crippen molar-refractivity contribution in [3.63, 3.8) is 0 Å². The van der Waals surface area contributed by atoms with Gasteiger partial charge in [0.15, 0.2) is 5.69 Å². The molecule has 3 heterocycles. The van der Waals surface area contributed by atoms with Crippen molar-refractivity contribution in [1.29, 1.82) is 0 Å². The van der Waals surface area contributed by atoms with E-state index in [9.17, 15) is 14.7 Å². The van der Waals surface area contributed by atoms with Gasteiger partial charge in [-0.15, -0.1) is 0 Å². The molecule has 0 aliphatic carbocycles. The van der Waals surface area contributed by atoms with E-state index in [0.717, 1.165) is 5.56 Å². The second kappa shape index (κ2) is 8.65. The van der Waals surface area contributed by atoms with Crippen molar-refractivity contribution in [1.82, 2.24) is 19.7 Å². The second-order valence-corrected chi connectivity index (χ2v) is 7.43. The molecule has 8 heteroatoms. The van der Waals surface area contributed by atoms with E-state index in [-0.39, 0.29) is 18.7 Å². The lowest BCUT2D eigenvalue weighted by atomic mass is 10.0. The van der Waals surface area contributed by atoms with Crippen LogP contribution >= 0.6 is 0 Å². The van der Waals surface area contributed by atoms with Crippen molar-refractivity contribution in [3.05, 3.63) is 66.1 Å². The average molecular weight is 430 g/mol. The molecular formula is C24H22N4O4. The van der Waals surface area contributed by atoms with Gasteiger partial charge in [-0.25, -0.2) is 14.5 Å². The van der Waals surface area contributed by atoms with Crippen molar-refractivity contribution in [2.24, 2.45) is 0 Å². The van der Waals surface area contributed by atoms with Gasteiger partial charge in [0.1, 0.15) is 0 Å². The molecule has 0 radical (unpaired) electrons. The Kier molecular flexibility index (Phi) is 5.75. The molecule has 1 N–H and O–H groups in total. The maximum absolute atomic E-state index is 12.4. The first-order valence-corrected chi connectivity index (χ1v) is 10.2. The Labute approximate surface area is 185 Å². The van der Waals surface area contributed by atoms with Crippen LogP contribution in [0.25, 0.3) is 16.9 Å². The number of benzene rings is 1. The van der Waals surface area contributed by atoms with Gasteiger partial charge in [0.25, 0.3) is 5.91 Å². The van der Waals surface area contributed by atoms with Gasteiger partial charge < -0.3 is 14.7 Å². The first kappa shape index (κ1) is 21.3. The third-order valence-corrected chi connectivity index (χ3v) is 5.15. The quantitative estimate of drug-likeness (QED) is 0.503. The van der Waals surface area contributed by atoms with Crippen LogP contribution in [0.15, 0.2) is 54.9 Å². The van der Waals surface area contributed by atoms with Crippen LogP contribution in [0, 0.1) is 11.8 Å². The Morgan fingerprint density at radius 1 is 1.28 bits per heavy atom. The van der Waals surface area contributed by atoms with Gasteiger partial charge in [-0.3, -0.25) is 4.79 Å². The summed E-state index contributed by atoms with van der Waals surface area (Å²) in [6.07, 6.45) is 3.69. The molecule has 0 bridgehead atoms. The van der Waals surface area contributed by atoms with Crippen molar-refractivity contribution >= 4 is 11.9 Å². The van der Waals surface area contributed by atoms with Crippen LogP contribution in [0.2, 0.25) is 0 Å². The van der Waals surface area contributed by atoms with Gasteiger partial charge in [-0.2, -0.15) is 5.10 Å². The predicted molar refractivity (Wildman–Crippen MR) is 117 cm³/mol. The fourth-order valence-corrected chi connectivity index (χ4v) is 3.43. The number of likely N-dealkylation sites (tertiary alicyclic amines) is 1. The summed E-state index contributed by atoms with van der Waals surface area (Å²) in [4.78, 5) is 30.4. The first-order valence-electron chi connectivity index (χ1n) is 10.2. The standard InChI is InChI=1S/C24H22N4O4/c1-3-32-22(29)21-16-19(28-12-5-11-25-28)15-20(26-21)18-7-4-6-17(14-18)8-9-24(31)10-13-27(2)23(24)30/h4-7,11-12,14-16,31H,3,10,13H2,1-2H3/t24-/m0/s1. The average Bonchev–Trinajstić information content (AvgIpc) is 3.43. The summed E-state index contributed by atoms with van der Waals surface area (Å²) in [6.45, 7) is 2.44. The number of pyridine rings is 1. The normalized spacial score (nSPS) is 17.7. The molecular weight excluding hydrogens is 408 g/mol. The van der Waals surface area contributed by atoms with Crippen LogP contribution in [-0.4, -0.2) is 62.4 Å². The molecule has 0 unspecified atom stereocenters. The van der Waals surface area contributed by atoms with Crippen molar-refractivity contribution in [2.45, 2.75) is 18.9 Å². The largest absolute Gasteiger partial charge is 0.461 e. The van der Waals surface area contributed by atoms with Crippen LogP contribution in [0.4, 0.5) is 0 Å². The number of aromatic nitrogens is 3. The molecule has 1 amide bonds. The molecule has 1 atom stereocenters. The van der Waals surface area contributed by atoms with E-state index in [0.29, 0.717) is 23.5 Å². The number of amides is 1. The minimum absolute atomic E-state index is 0.167. The topological polar surface area (TPSA) is 97.5 Å². The number of rotatable bonds is 4. The SMILES string of the molecule is CCOC(=O)c1cc(-n2cccn2)cc(-c2cccc(C#C[C@]3(O)CCN(C)C3=O)c2)n1. The highest BCUT2D eigenvalue weighted by Gasteiger charge is 2.42. The minimum Gasteiger partial charge on any atom is -0.461 e. The summed E-state index contributed by atoms with van der Waals surface area (Å²) in [5, 5.41) is 14.8. The Balaban J connectivity index is 1.72. The van der Waals surface area contributed by atoms with E-state index < -0.39 is 17.5 Å². The Morgan fingerprint density at radius 3 is 2.81 bits per heavy atom.